The van der Waals surface area contributed by atoms with E-state index in [1.54, 1.807) is 4.68 Å². The highest BCUT2D eigenvalue weighted by Gasteiger charge is 2.14. The molecule has 0 bridgehead atoms. The highest BCUT2D eigenvalue weighted by molar-refractivity contribution is 5.68. The number of aromatic nitrogens is 2. The van der Waals surface area contributed by atoms with Gasteiger partial charge in [0.25, 0.3) is 0 Å². The van der Waals surface area contributed by atoms with Gasteiger partial charge in [0.1, 0.15) is 11.6 Å². The SMILES string of the molecule is CCn1ncc(-c2cc(F)c(N)cc2F)c1C. The molecule has 0 atom stereocenters. The van der Waals surface area contributed by atoms with Crippen LogP contribution >= 0.6 is 0 Å². The molecule has 0 unspecified atom stereocenters. The van der Waals surface area contributed by atoms with E-state index in [4.69, 9.17) is 5.73 Å². The van der Waals surface area contributed by atoms with Gasteiger partial charge >= 0.3 is 0 Å². The standard InChI is InChI=1S/C12H13F2N3/c1-3-17-7(2)9(6-16-17)8-4-11(14)12(15)5-10(8)13/h4-6H,3,15H2,1-2H3. The molecule has 1 heterocycles. The van der Waals surface area contributed by atoms with E-state index in [9.17, 15) is 8.78 Å². The summed E-state index contributed by atoms with van der Waals surface area (Å²) in [6.45, 7) is 4.44. The van der Waals surface area contributed by atoms with Gasteiger partial charge in [0, 0.05) is 29.4 Å². The number of nitrogens with two attached hydrogens (primary N) is 1. The molecule has 5 heteroatoms. The second-order valence-corrected chi connectivity index (χ2v) is 3.81. The maximum atomic E-state index is 13.7. The zero-order valence-corrected chi connectivity index (χ0v) is 9.67. The molecule has 0 saturated carbocycles. The first-order chi connectivity index (χ1) is 8.04. The summed E-state index contributed by atoms with van der Waals surface area (Å²) in [6.07, 6.45) is 1.53. The van der Waals surface area contributed by atoms with Crippen molar-refractivity contribution in [3.8, 4) is 11.1 Å². The molecule has 2 N–H and O–H groups in total. The number of hydrogen-bond acceptors (Lipinski definition) is 2. The maximum absolute atomic E-state index is 13.7. The van der Waals surface area contributed by atoms with Crippen LogP contribution in [-0.4, -0.2) is 9.78 Å². The molecule has 0 aliphatic carbocycles. The van der Waals surface area contributed by atoms with Crippen LogP contribution in [-0.2, 0) is 6.54 Å². The highest BCUT2D eigenvalue weighted by atomic mass is 19.1. The molecule has 0 fully saturated rings. The number of nitrogen functional groups attached to an aromatic ring is 1. The zero-order chi connectivity index (χ0) is 12.6. The number of anilines is 1. The Morgan fingerprint density at radius 1 is 1.24 bits per heavy atom. The van der Waals surface area contributed by atoms with Crippen molar-refractivity contribution in [1.29, 1.82) is 0 Å². The van der Waals surface area contributed by atoms with Crippen LogP contribution < -0.4 is 5.73 Å². The van der Waals surface area contributed by atoms with E-state index in [2.05, 4.69) is 5.10 Å². The molecular formula is C12H13F2N3. The number of halogens is 2. The van der Waals surface area contributed by atoms with Crippen molar-refractivity contribution in [3.63, 3.8) is 0 Å². The van der Waals surface area contributed by atoms with Crippen LogP contribution in [0.3, 0.4) is 0 Å². The van der Waals surface area contributed by atoms with Crippen LogP contribution in [0.1, 0.15) is 12.6 Å². The largest absolute Gasteiger partial charge is 0.396 e. The Bertz CT molecular complexity index is 561. The van der Waals surface area contributed by atoms with Crippen molar-refractivity contribution in [2.45, 2.75) is 20.4 Å². The lowest BCUT2D eigenvalue weighted by Crippen LogP contribution is -1.99. The third kappa shape index (κ3) is 1.88. The van der Waals surface area contributed by atoms with Crippen molar-refractivity contribution >= 4 is 5.69 Å². The number of benzene rings is 1. The summed E-state index contributed by atoms with van der Waals surface area (Å²) in [7, 11) is 0. The monoisotopic (exact) mass is 237 g/mol. The number of rotatable bonds is 2. The topological polar surface area (TPSA) is 43.8 Å². The van der Waals surface area contributed by atoms with E-state index in [1.165, 1.54) is 6.20 Å². The first-order valence-electron chi connectivity index (χ1n) is 5.32. The van der Waals surface area contributed by atoms with Crippen molar-refractivity contribution in [3.05, 3.63) is 35.7 Å². The Morgan fingerprint density at radius 2 is 1.94 bits per heavy atom. The van der Waals surface area contributed by atoms with Crippen molar-refractivity contribution in [2.24, 2.45) is 0 Å². The second-order valence-electron chi connectivity index (χ2n) is 3.81. The van der Waals surface area contributed by atoms with E-state index < -0.39 is 11.6 Å². The summed E-state index contributed by atoms with van der Waals surface area (Å²) >= 11 is 0. The third-order valence-electron chi connectivity index (χ3n) is 2.78. The van der Waals surface area contributed by atoms with Crippen molar-refractivity contribution in [1.82, 2.24) is 9.78 Å². The Morgan fingerprint density at radius 3 is 2.53 bits per heavy atom. The quantitative estimate of drug-likeness (QED) is 0.816. The predicted octanol–water partition coefficient (Wildman–Crippen LogP) is 2.74. The Hall–Kier alpha value is -1.91. The summed E-state index contributed by atoms with van der Waals surface area (Å²) in [6, 6.07) is 2.10. The van der Waals surface area contributed by atoms with Gasteiger partial charge in [-0.25, -0.2) is 8.78 Å². The van der Waals surface area contributed by atoms with Crippen LogP contribution in [0.25, 0.3) is 11.1 Å². The van der Waals surface area contributed by atoms with Gasteiger partial charge < -0.3 is 5.73 Å². The molecule has 3 nitrogen and oxygen atoms in total. The lowest BCUT2D eigenvalue weighted by Gasteiger charge is -2.05. The molecule has 1 aromatic carbocycles. The zero-order valence-electron chi connectivity index (χ0n) is 9.67. The fraction of sp³-hybridized carbons (Fsp3) is 0.250. The van der Waals surface area contributed by atoms with Gasteiger partial charge in [-0.2, -0.15) is 5.10 Å². The van der Waals surface area contributed by atoms with Crippen molar-refractivity contribution in [2.75, 3.05) is 5.73 Å². The van der Waals surface area contributed by atoms with Crippen LogP contribution in [0.5, 0.6) is 0 Å². The van der Waals surface area contributed by atoms with Crippen LogP contribution in [0.4, 0.5) is 14.5 Å². The summed E-state index contributed by atoms with van der Waals surface area (Å²) < 4.78 is 28.8. The van der Waals surface area contributed by atoms with E-state index in [0.717, 1.165) is 17.8 Å². The van der Waals surface area contributed by atoms with Gasteiger partial charge in [0.15, 0.2) is 0 Å². The molecule has 0 amide bonds. The van der Waals surface area contributed by atoms with E-state index in [1.807, 2.05) is 13.8 Å². The van der Waals surface area contributed by atoms with E-state index >= 15 is 0 Å². The molecule has 1 aromatic heterocycles. The molecule has 0 radical (unpaired) electrons. The minimum absolute atomic E-state index is 0.188. The number of nitrogens with zero attached hydrogens (tertiary/aromatic N) is 2. The average Bonchev–Trinajstić information content (AvgIpc) is 2.65. The molecule has 0 saturated heterocycles. The molecule has 0 aliphatic heterocycles. The number of hydrogen-bond donors (Lipinski definition) is 1. The molecule has 90 valence electrons. The van der Waals surface area contributed by atoms with E-state index in [-0.39, 0.29) is 11.3 Å². The molecular weight excluding hydrogens is 224 g/mol. The number of aryl methyl sites for hydroxylation is 1. The van der Waals surface area contributed by atoms with Gasteiger partial charge in [-0.3, -0.25) is 4.68 Å². The molecule has 0 spiro atoms. The molecule has 0 aliphatic rings. The first kappa shape index (κ1) is 11.6. The fourth-order valence-corrected chi connectivity index (χ4v) is 1.80. The average molecular weight is 237 g/mol. The second kappa shape index (κ2) is 4.16. The summed E-state index contributed by atoms with van der Waals surface area (Å²) in [5.74, 6) is -1.16. The summed E-state index contributed by atoms with van der Waals surface area (Å²) in [4.78, 5) is 0. The molecule has 2 aromatic rings. The Kier molecular flexibility index (Phi) is 2.83. The van der Waals surface area contributed by atoms with Gasteiger partial charge in [0.05, 0.1) is 11.9 Å². The summed E-state index contributed by atoms with van der Waals surface area (Å²) in [5.41, 5.74) is 6.69. The molecule has 2 rings (SSSR count). The smallest absolute Gasteiger partial charge is 0.146 e. The third-order valence-corrected chi connectivity index (χ3v) is 2.78. The van der Waals surface area contributed by atoms with Crippen LogP contribution in [0.2, 0.25) is 0 Å². The van der Waals surface area contributed by atoms with E-state index in [0.29, 0.717) is 12.1 Å². The lowest BCUT2D eigenvalue weighted by atomic mass is 10.1. The van der Waals surface area contributed by atoms with Crippen molar-refractivity contribution < 1.29 is 8.78 Å². The minimum atomic E-state index is -0.620. The lowest BCUT2D eigenvalue weighted by molar-refractivity contribution is 0.607. The van der Waals surface area contributed by atoms with Gasteiger partial charge in [-0.05, 0) is 19.9 Å². The maximum Gasteiger partial charge on any atom is 0.146 e. The Balaban J connectivity index is 2.60. The van der Waals surface area contributed by atoms with Crippen LogP contribution in [0, 0.1) is 18.6 Å². The van der Waals surface area contributed by atoms with Gasteiger partial charge in [0.2, 0.25) is 0 Å². The predicted molar refractivity (Wildman–Crippen MR) is 62.4 cm³/mol. The van der Waals surface area contributed by atoms with Gasteiger partial charge in [-0.15, -0.1) is 0 Å². The van der Waals surface area contributed by atoms with Gasteiger partial charge in [-0.1, -0.05) is 0 Å². The van der Waals surface area contributed by atoms with Crippen LogP contribution in [0.15, 0.2) is 18.3 Å². The normalized spacial score (nSPS) is 10.8. The summed E-state index contributed by atoms with van der Waals surface area (Å²) in [5, 5.41) is 4.10. The first-order valence-corrected chi connectivity index (χ1v) is 5.32. The molecule has 17 heavy (non-hydrogen) atoms. The fourth-order valence-electron chi connectivity index (χ4n) is 1.80. The Labute approximate surface area is 97.9 Å². The highest BCUT2D eigenvalue weighted by Crippen LogP contribution is 2.28. The minimum Gasteiger partial charge on any atom is -0.396 e.